The molecule has 3 aromatic rings. The predicted octanol–water partition coefficient (Wildman–Crippen LogP) is 5.42. The number of rotatable bonds is 7. The number of ether oxygens (including phenoxy) is 1. The number of anilines is 1. The number of carbonyl (C=O) groups excluding carboxylic acids is 2. The largest absolute Gasteiger partial charge is 0.491 e. The second kappa shape index (κ2) is 10.7. The average molecular weight is 478 g/mol. The molecule has 1 N–H and O–H groups in total. The minimum Gasteiger partial charge on any atom is -0.491 e. The Hall–Kier alpha value is -3.32. The van der Waals surface area contributed by atoms with E-state index in [4.69, 9.17) is 4.74 Å². The summed E-state index contributed by atoms with van der Waals surface area (Å²) in [6.45, 7) is 7.35. The van der Waals surface area contributed by atoms with Crippen molar-refractivity contribution in [3.8, 4) is 5.75 Å². The molecule has 0 spiro atoms. The number of thiophene rings is 1. The van der Waals surface area contributed by atoms with Crippen molar-refractivity contribution in [2.45, 2.75) is 33.2 Å². The van der Waals surface area contributed by atoms with Crippen LogP contribution >= 0.6 is 11.3 Å². The number of amides is 3. The minimum absolute atomic E-state index is 0.0224. The van der Waals surface area contributed by atoms with Crippen LogP contribution < -0.4 is 10.1 Å². The zero-order valence-electron chi connectivity index (χ0n) is 19.9. The van der Waals surface area contributed by atoms with Crippen LogP contribution in [0.5, 0.6) is 5.75 Å². The lowest BCUT2D eigenvalue weighted by Gasteiger charge is -2.37. The standard InChI is InChI=1S/C27H31N3O3S/c1-4-29(27(32)28-21-11-9-19(2)10-12-21)17-26(31)30-15-13-25-22(14-16-34-25)23(30)18-33-24-8-6-5-7-20(24)3/h5-12,14,16,23H,4,13,15,17-18H2,1-3H3,(H,28,32). The van der Waals surface area contributed by atoms with Crippen molar-refractivity contribution < 1.29 is 14.3 Å². The minimum atomic E-state index is -0.277. The van der Waals surface area contributed by atoms with Crippen LogP contribution in [-0.4, -0.2) is 48.0 Å². The van der Waals surface area contributed by atoms with Crippen molar-refractivity contribution in [3.63, 3.8) is 0 Å². The molecule has 3 amide bonds. The summed E-state index contributed by atoms with van der Waals surface area (Å²) in [4.78, 5) is 31.0. The summed E-state index contributed by atoms with van der Waals surface area (Å²) in [6.07, 6.45) is 0.821. The zero-order chi connectivity index (χ0) is 24.1. The normalized spacial score (nSPS) is 14.9. The van der Waals surface area contributed by atoms with Crippen LogP contribution in [0.2, 0.25) is 0 Å². The van der Waals surface area contributed by atoms with Crippen molar-refractivity contribution >= 4 is 29.0 Å². The van der Waals surface area contributed by atoms with Gasteiger partial charge in [0.2, 0.25) is 5.91 Å². The number of fused-ring (bicyclic) bond motifs is 1. The zero-order valence-corrected chi connectivity index (χ0v) is 20.7. The highest BCUT2D eigenvalue weighted by Crippen LogP contribution is 2.34. The predicted molar refractivity (Wildman–Crippen MR) is 137 cm³/mol. The highest BCUT2D eigenvalue weighted by molar-refractivity contribution is 7.10. The molecule has 4 rings (SSSR count). The van der Waals surface area contributed by atoms with Crippen LogP contribution in [0.25, 0.3) is 0 Å². The van der Waals surface area contributed by atoms with E-state index in [2.05, 4.69) is 16.8 Å². The van der Waals surface area contributed by atoms with Crippen LogP contribution in [0, 0.1) is 13.8 Å². The molecule has 0 saturated carbocycles. The Kier molecular flexibility index (Phi) is 7.53. The first-order chi connectivity index (χ1) is 16.5. The van der Waals surface area contributed by atoms with Gasteiger partial charge in [0.15, 0.2) is 0 Å². The Bertz CT molecular complexity index is 1140. The Balaban J connectivity index is 1.46. The lowest BCUT2D eigenvalue weighted by Crippen LogP contribution is -2.48. The molecular formula is C27H31N3O3S. The van der Waals surface area contributed by atoms with Gasteiger partial charge in [-0.1, -0.05) is 35.9 Å². The molecule has 0 aliphatic carbocycles. The number of hydrogen-bond acceptors (Lipinski definition) is 4. The number of hydrogen-bond donors (Lipinski definition) is 1. The second-order valence-corrected chi connectivity index (χ2v) is 9.54. The number of benzene rings is 2. The number of carbonyl (C=O) groups is 2. The SMILES string of the molecule is CCN(CC(=O)N1CCc2sccc2C1COc1ccccc1C)C(=O)Nc1ccc(C)cc1. The van der Waals surface area contributed by atoms with E-state index in [1.165, 1.54) is 4.88 Å². The first kappa shape index (κ1) is 23.8. The van der Waals surface area contributed by atoms with E-state index in [0.717, 1.165) is 28.9 Å². The second-order valence-electron chi connectivity index (χ2n) is 8.54. The van der Waals surface area contributed by atoms with E-state index in [1.54, 1.807) is 16.2 Å². The summed E-state index contributed by atoms with van der Waals surface area (Å²) in [6, 6.07) is 17.2. The van der Waals surface area contributed by atoms with Gasteiger partial charge in [-0.15, -0.1) is 11.3 Å². The summed E-state index contributed by atoms with van der Waals surface area (Å²) < 4.78 is 6.17. The van der Waals surface area contributed by atoms with Crippen LogP contribution in [-0.2, 0) is 11.2 Å². The number of nitrogens with zero attached hydrogens (tertiary/aromatic N) is 2. The van der Waals surface area contributed by atoms with Crippen molar-refractivity contribution in [2.75, 3.05) is 31.6 Å². The first-order valence-electron chi connectivity index (χ1n) is 11.6. The smallest absolute Gasteiger partial charge is 0.322 e. The van der Waals surface area contributed by atoms with Gasteiger partial charge >= 0.3 is 6.03 Å². The van der Waals surface area contributed by atoms with Gasteiger partial charge in [0.1, 0.15) is 18.9 Å². The summed E-state index contributed by atoms with van der Waals surface area (Å²) in [5, 5.41) is 4.97. The van der Waals surface area contributed by atoms with Gasteiger partial charge in [-0.05, 0) is 68.0 Å². The van der Waals surface area contributed by atoms with Gasteiger partial charge in [-0.25, -0.2) is 4.79 Å². The van der Waals surface area contributed by atoms with Crippen LogP contribution in [0.3, 0.4) is 0 Å². The molecule has 1 aliphatic heterocycles. The van der Waals surface area contributed by atoms with E-state index in [0.29, 0.717) is 25.4 Å². The number of para-hydroxylation sites is 1. The quantitative estimate of drug-likeness (QED) is 0.494. The summed E-state index contributed by atoms with van der Waals surface area (Å²) in [5.74, 6) is 0.751. The van der Waals surface area contributed by atoms with E-state index in [9.17, 15) is 9.59 Å². The highest BCUT2D eigenvalue weighted by Gasteiger charge is 2.33. The van der Waals surface area contributed by atoms with Crippen LogP contribution in [0.15, 0.2) is 60.0 Å². The van der Waals surface area contributed by atoms with E-state index in [1.807, 2.05) is 74.2 Å². The van der Waals surface area contributed by atoms with E-state index < -0.39 is 0 Å². The van der Waals surface area contributed by atoms with E-state index >= 15 is 0 Å². The Morgan fingerprint density at radius 2 is 1.88 bits per heavy atom. The molecular weight excluding hydrogens is 446 g/mol. The van der Waals surface area contributed by atoms with Gasteiger partial charge in [0.05, 0.1) is 6.04 Å². The third-order valence-electron chi connectivity index (χ3n) is 6.20. The van der Waals surface area contributed by atoms with Gasteiger partial charge in [0.25, 0.3) is 0 Å². The third kappa shape index (κ3) is 5.42. The lowest BCUT2D eigenvalue weighted by atomic mass is 10.0. The van der Waals surface area contributed by atoms with Gasteiger partial charge < -0.3 is 19.9 Å². The van der Waals surface area contributed by atoms with Crippen molar-refractivity contribution in [2.24, 2.45) is 0 Å². The molecule has 34 heavy (non-hydrogen) atoms. The third-order valence-corrected chi connectivity index (χ3v) is 7.20. The lowest BCUT2D eigenvalue weighted by molar-refractivity contribution is -0.135. The molecule has 7 heteroatoms. The fourth-order valence-electron chi connectivity index (χ4n) is 4.18. The molecule has 2 aromatic carbocycles. The maximum atomic E-state index is 13.4. The molecule has 0 fully saturated rings. The Morgan fingerprint density at radius 1 is 1.12 bits per heavy atom. The molecule has 6 nitrogen and oxygen atoms in total. The molecule has 1 aromatic heterocycles. The Morgan fingerprint density at radius 3 is 2.62 bits per heavy atom. The van der Waals surface area contributed by atoms with Gasteiger partial charge in [0, 0.05) is 23.7 Å². The number of urea groups is 1. The monoisotopic (exact) mass is 477 g/mol. The topological polar surface area (TPSA) is 61.9 Å². The summed E-state index contributed by atoms with van der Waals surface area (Å²) in [7, 11) is 0. The fourth-order valence-corrected chi connectivity index (χ4v) is 5.11. The number of likely N-dealkylation sites (N-methyl/N-ethyl adjacent to an activating group) is 1. The molecule has 2 heterocycles. The molecule has 1 aliphatic rings. The molecule has 1 unspecified atom stereocenters. The van der Waals surface area contributed by atoms with Gasteiger partial charge in [-0.3, -0.25) is 4.79 Å². The van der Waals surface area contributed by atoms with E-state index in [-0.39, 0.29) is 24.5 Å². The molecule has 0 saturated heterocycles. The van der Waals surface area contributed by atoms with Crippen LogP contribution in [0.4, 0.5) is 10.5 Å². The molecule has 0 bridgehead atoms. The Labute approximate surface area is 205 Å². The summed E-state index contributed by atoms with van der Waals surface area (Å²) in [5.41, 5.74) is 4.04. The molecule has 178 valence electrons. The van der Waals surface area contributed by atoms with Crippen molar-refractivity contribution in [1.82, 2.24) is 9.80 Å². The summed E-state index contributed by atoms with van der Waals surface area (Å²) >= 11 is 1.73. The highest BCUT2D eigenvalue weighted by atomic mass is 32.1. The van der Waals surface area contributed by atoms with Crippen molar-refractivity contribution in [3.05, 3.63) is 81.5 Å². The fraction of sp³-hybridized carbons (Fsp3) is 0.333. The number of aryl methyl sites for hydroxylation is 2. The molecule has 0 radical (unpaired) electrons. The van der Waals surface area contributed by atoms with Crippen molar-refractivity contribution in [1.29, 1.82) is 0 Å². The van der Waals surface area contributed by atoms with Gasteiger partial charge in [-0.2, -0.15) is 0 Å². The number of nitrogens with one attached hydrogen (secondary N) is 1. The first-order valence-corrected chi connectivity index (χ1v) is 12.5. The maximum Gasteiger partial charge on any atom is 0.322 e. The van der Waals surface area contributed by atoms with Crippen LogP contribution in [0.1, 0.15) is 34.5 Å². The average Bonchev–Trinajstić information content (AvgIpc) is 3.32. The molecule has 1 atom stereocenters. The maximum absolute atomic E-state index is 13.4.